The van der Waals surface area contributed by atoms with Gasteiger partial charge in [-0.25, -0.2) is 4.98 Å². The number of nitrogens with one attached hydrogen (secondary N) is 1. The van der Waals surface area contributed by atoms with Gasteiger partial charge in [-0.3, -0.25) is 0 Å². The highest BCUT2D eigenvalue weighted by molar-refractivity contribution is 5.36. The first-order valence-electron chi connectivity index (χ1n) is 5.33. The summed E-state index contributed by atoms with van der Waals surface area (Å²) in [4.78, 5) is 3.70. The molecule has 0 saturated carbocycles. The average molecular weight is 236 g/mol. The number of hydrogen-bond donors (Lipinski definition) is 2. The summed E-state index contributed by atoms with van der Waals surface area (Å²) in [6.45, 7) is 0.00762. The summed E-state index contributed by atoms with van der Waals surface area (Å²) < 4.78 is 18.2. The van der Waals surface area contributed by atoms with Crippen LogP contribution in [0.4, 0.5) is 10.2 Å². The zero-order valence-corrected chi connectivity index (χ0v) is 9.14. The molecule has 0 aliphatic carbocycles. The van der Waals surface area contributed by atoms with Crippen molar-refractivity contribution in [3.8, 4) is 0 Å². The van der Waals surface area contributed by atoms with Crippen molar-refractivity contribution in [3.63, 3.8) is 0 Å². The molecule has 0 aromatic carbocycles. The fraction of sp³-hybridized carbons (Fsp3) is 0.250. The van der Waals surface area contributed by atoms with Crippen LogP contribution in [0.2, 0.25) is 0 Å². The minimum absolute atomic E-state index is 0.00762. The molecule has 0 amide bonds. The molecule has 0 aliphatic rings. The zero-order valence-electron chi connectivity index (χ0n) is 9.14. The number of nitrogens with zero attached hydrogens (tertiary/aromatic N) is 1. The lowest BCUT2D eigenvalue weighted by atomic mass is 10.1. The third kappa shape index (κ3) is 3.04. The largest absolute Gasteiger partial charge is 0.467 e. The summed E-state index contributed by atoms with van der Waals surface area (Å²) in [5.74, 6) is 0.558. The van der Waals surface area contributed by atoms with Gasteiger partial charge in [-0.2, -0.15) is 4.39 Å². The number of hydrogen-bond acceptors (Lipinski definition) is 4. The molecular formula is C12H13FN2O2. The molecule has 1 atom stereocenters. The highest BCUT2D eigenvalue weighted by atomic mass is 19.1. The first-order chi connectivity index (χ1) is 8.29. The van der Waals surface area contributed by atoms with Gasteiger partial charge >= 0.3 is 0 Å². The molecule has 17 heavy (non-hydrogen) atoms. The smallest absolute Gasteiger partial charge is 0.214 e. The van der Waals surface area contributed by atoms with E-state index < -0.39 is 5.95 Å². The molecule has 2 aromatic rings. The van der Waals surface area contributed by atoms with Gasteiger partial charge in [0.05, 0.1) is 12.3 Å². The fourth-order valence-corrected chi connectivity index (χ4v) is 1.57. The third-order valence-corrected chi connectivity index (χ3v) is 2.34. The Hall–Kier alpha value is -1.88. The van der Waals surface area contributed by atoms with Crippen LogP contribution >= 0.6 is 0 Å². The average Bonchev–Trinajstić information content (AvgIpc) is 2.82. The first-order valence-corrected chi connectivity index (χ1v) is 5.33. The minimum Gasteiger partial charge on any atom is -0.467 e. The summed E-state index contributed by atoms with van der Waals surface area (Å²) in [5.41, 5.74) is 0. The maximum absolute atomic E-state index is 12.9. The molecule has 4 nitrogen and oxygen atoms in total. The molecule has 0 fully saturated rings. The maximum Gasteiger partial charge on any atom is 0.214 e. The highest BCUT2D eigenvalue weighted by Crippen LogP contribution is 2.21. The number of pyridine rings is 1. The van der Waals surface area contributed by atoms with Gasteiger partial charge in [0.1, 0.15) is 11.6 Å². The van der Waals surface area contributed by atoms with Crippen molar-refractivity contribution in [3.05, 3.63) is 48.3 Å². The Morgan fingerprint density at radius 1 is 1.35 bits per heavy atom. The molecule has 0 aliphatic heterocycles. The minimum atomic E-state index is -0.544. The molecule has 2 aromatic heterocycles. The Labute approximate surface area is 98.1 Å². The Balaban J connectivity index is 2.13. The maximum atomic E-state index is 12.9. The summed E-state index contributed by atoms with van der Waals surface area (Å²) in [6, 6.07) is 7.86. The van der Waals surface area contributed by atoms with Crippen molar-refractivity contribution in [1.82, 2.24) is 4.98 Å². The monoisotopic (exact) mass is 236 g/mol. The number of aromatic nitrogens is 1. The van der Waals surface area contributed by atoms with Gasteiger partial charge in [0.25, 0.3) is 0 Å². The van der Waals surface area contributed by atoms with E-state index in [9.17, 15) is 4.39 Å². The molecule has 5 heteroatoms. The van der Waals surface area contributed by atoms with Gasteiger partial charge in [0.2, 0.25) is 5.95 Å². The van der Waals surface area contributed by atoms with Crippen LogP contribution in [0.5, 0.6) is 0 Å². The lowest BCUT2D eigenvalue weighted by Crippen LogP contribution is -2.12. The van der Waals surface area contributed by atoms with Gasteiger partial charge in [-0.05, 0) is 30.7 Å². The number of furan rings is 1. The fourth-order valence-electron chi connectivity index (χ4n) is 1.57. The molecule has 0 spiro atoms. The molecule has 2 heterocycles. The predicted molar refractivity (Wildman–Crippen MR) is 61.0 cm³/mol. The normalized spacial score (nSPS) is 12.4. The van der Waals surface area contributed by atoms with Gasteiger partial charge in [-0.1, -0.05) is 6.07 Å². The van der Waals surface area contributed by atoms with Crippen LogP contribution in [0.15, 0.2) is 41.0 Å². The van der Waals surface area contributed by atoms with Crippen molar-refractivity contribution in [1.29, 1.82) is 0 Å². The van der Waals surface area contributed by atoms with E-state index in [1.165, 1.54) is 6.07 Å². The predicted octanol–water partition coefficient (Wildman–Crippen LogP) is 2.35. The Bertz CT molecular complexity index is 459. The second-order valence-electron chi connectivity index (χ2n) is 3.57. The second-order valence-corrected chi connectivity index (χ2v) is 3.57. The molecule has 0 radical (unpaired) electrons. The molecule has 0 saturated heterocycles. The van der Waals surface area contributed by atoms with E-state index >= 15 is 0 Å². The van der Waals surface area contributed by atoms with E-state index in [4.69, 9.17) is 9.52 Å². The van der Waals surface area contributed by atoms with Crippen LogP contribution < -0.4 is 5.32 Å². The van der Waals surface area contributed by atoms with Gasteiger partial charge < -0.3 is 14.8 Å². The van der Waals surface area contributed by atoms with Crippen LogP contribution in [0.1, 0.15) is 18.2 Å². The quantitative estimate of drug-likeness (QED) is 0.782. The molecular weight excluding hydrogens is 223 g/mol. The topological polar surface area (TPSA) is 58.3 Å². The Morgan fingerprint density at radius 2 is 2.24 bits per heavy atom. The lowest BCUT2D eigenvalue weighted by molar-refractivity contribution is 0.273. The molecule has 2 rings (SSSR count). The zero-order chi connectivity index (χ0) is 12.1. The first kappa shape index (κ1) is 11.6. The van der Waals surface area contributed by atoms with E-state index in [1.807, 2.05) is 0 Å². The van der Waals surface area contributed by atoms with Crippen LogP contribution in [0.25, 0.3) is 0 Å². The second kappa shape index (κ2) is 5.45. The van der Waals surface area contributed by atoms with Crippen molar-refractivity contribution in [2.24, 2.45) is 0 Å². The molecule has 0 bridgehead atoms. The lowest BCUT2D eigenvalue weighted by Gasteiger charge is -2.15. The van der Waals surface area contributed by atoms with Crippen LogP contribution in [-0.4, -0.2) is 16.7 Å². The number of aliphatic hydroxyl groups is 1. The summed E-state index contributed by atoms with van der Waals surface area (Å²) in [5, 5.41) is 12.0. The van der Waals surface area contributed by atoms with E-state index in [2.05, 4.69) is 10.3 Å². The van der Waals surface area contributed by atoms with Crippen molar-refractivity contribution in [2.75, 3.05) is 11.9 Å². The number of anilines is 1. The van der Waals surface area contributed by atoms with Gasteiger partial charge in [0.15, 0.2) is 0 Å². The highest BCUT2D eigenvalue weighted by Gasteiger charge is 2.14. The van der Waals surface area contributed by atoms with Crippen molar-refractivity contribution >= 4 is 5.82 Å². The molecule has 2 N–H and O–H groups in total. The van der Waals surface area contributed by atoms with E-state index in [0.29, 0.717) is 18.0 Å². The Kier molecular flexibility index (Phi) is 3.72. The van der Waals surface area contributed by atoms with E-state index in [-0.39, 0.29) is 12.6 Å². The van der Waals surface area contributed by atoms with Crippen LogP contribution in [0, 0.1) is 5.95 Å². The summed E-state index contributed by atoms with van der Waals surface area (Å²) in [6.07, 6.45) is 2.02. The van der Waals surface area contributed by atoms with Crippen molar-refractivity contribution < 1.29 is 13.9 Å². The van der Waals surface area contributed by atoms with Gasteiger partial charge in [0, 0.05) is 6.61 Å². The summed E-state index contributed by atoms with van der Waals surface area (Å²) >= 11 is 0. The molecule has 90 valence electrons. The van der Waals surface area contributed by atoms with E-state index in [1.54, 1.807) is 30.5 Å². The van der Waals surface area contributed by atoms with Crippen LogP contribution in [0.3, 0.4) is 0 Å². The Morgan fingerprint density at radius 3 is 2.88 bits per heavy atom. The van der Waals surface area contributed by atoms with Crippen molar-refractivity contribution in [2.45, 2.75) is 12.5 Å². The number of halogens is 1. The standard InChI is InChI=1S/C12H13FN2O2/c13-11-4-1-5-12(15-11)14-9(6-7-16)10-3-2-8-17-10/h1-5,8-9,16H,6-7H2,(H,14,15). The molecule has 1 unspecified atom stereocenters. The van der Waals surface area contributed by atoms with Crippen LogP contribution in [-0.2, 0) is 0 Å². The summed E-state index contributed by atoms with van der Waals surface area (Å²) in [7, 11) is 0. The van der Waals surface area contributed by atoms with E-state index in [0.717, 1.165) is 0 Å². The SMILES string of the molecule is OCCC(Nc1cccc(F)n1)c1ccco1. The third-order valence-electron chi connectivity index (χ3n) is 2.34. The van der Waals surface area contributed by atoms with Gasteiger partial charge in [-0.15, -0.1) is 0 Å². The number of aliphatic hydroxyl groups excluding tert-OH is 1. The number of rotatable bonds is 5.